The summed E-state index contributed by atoms with van der Waals surface area (Å²) in [5.41, 5.74) is 0. The van der Waals surface area contributed by atoms with E-state index in [2.05, 4.69) is 49.2 Å². The molecule has 0 aromatic carbocycles. The highest BCUT2D eigenvalue weighted by molar-refractivity contribution is 4.58. The smallest absolute Gasteiger partial charge is 0.138 e. The number of nitrogens with zero attached hydrogens (tertiary/aromatic N) is 2. The van der Waals surface area contributed by atoms with Gasteiger partial charge >= 0.3 is 0 Å². The largest absolute Gasteiger partial charge is 0.326 e. The minimum Gasteiger partial charge on any atom is -0.326 e. The molecule has 0 aliphatic heterocycles. The summed E-state index contributed by atoms with van der Waals surface area (Å²) in [7, 11) is 14.1. The summed E-state index contributed by atoms with van der Waals surface area (Å²) in [4.78, 5) is 0. The number of rotatable bonds is 20. The second-order valence-corrected chi connectivity index (χ2v) is 11.3. The Morgan fingerprint density at radius 2 is 0.786 bits per heavy atom. The van der Waals surface area contributed by atoms with Crippen molar-refractivity contribution in [2.24, 2.45) is 0 Å². The predicted molar refractivity (Wildman–Crippen MR) is 129 cm³/mol. The Hall–Kier alpha value is -0.0800. The van der Waals surface area contributed by atoms with Crippen molar-refractivity contribution in [3.63, 3.8) is 0 Å². The van der Waals surface area contributed by atoms with Gasteiger partial charge in [-0.2, -0.15) is 0 Å². The van der Waals surface area contributed by atoms with E-state index in [0.29, 0.717) is 0 Å². The number of likely N-dealkylation sites (N-methyl/N-ethyl adjacent to an activating group) is 2. The Morgan fingerprint density at radius 3 is 1.07 bits per heavy atom. The first-order valence-electron chi connectivity index (χ1n) is 12.8. The maximum absolute atomic E-state index is 2.37. The summed E-state index contributed by atoms with van der Waals surface area (Å²) in [6, 6.07) is 0.784. The van der Waals surface area contributed by atoms with E-state index in [4.69, 9.17) is 0 Å². The maximum atomic E-state index is 2.37. The van der Waals surface area contributed by atoms with Gasteiger partial charge in [0.1, 0.15) is 12.6 Å². The number of hydrogen-bond acceptors (Lipinski definition) is 0. The lowest BCUT2D eigenvalue weighted by Crippen LogP contribution is -2.54. The normalized spacial score (nSPS) is 13.8. The Kier molecular flexibility index (Phi) is 16.6. The number of hydrogen-bond donors (Lipinski definition) is 0. The van der Waals surface area contributed by atoms with Gasteiger partial charge in [-0.05, 0) is 6.42 Å². The van der Waals surface area contributed by atoms with Crippen LogP contribution >= 0.6 is 0 Å². The minimum absolute atomic E-state index is 0.784. The van der Waals surface area contributed by atoms with Gasteiger partial charge in [0.2, 0.25) is 0 Å². The van der Waals surface area contributed by atoms with Gasteiger partial charge in [-0.1, -0.05) is 103 Å². The van der Waals surface area contributed by atoms with Gasteiger partial charge in [-0.15, -0.1) is 0 Å². The molecule has 0 heterocycles. The Labute approximate surface area is 180 Å². The van der Waals surface area contributed by atoms with Gasteiger partial charge < -0.3 is 8.97 Å². The van der Waals surface area contributed by atoms with Crippen LogP contribution in [0.25, 0.3) is 0 Å². The van der Waals surface area contributed by atoms with Crippen LogP contribution in [0.5, 0.6) is 0 Å². The molecule has 2 nitrogen and oxygen atoms in total. The molecule has 1 unspecified atom stereocenters. The average Bonchev–Trinajstić information content (AvgIpc) is 2.58. The van der Waals surface area contributed by atoms with Crippen LogP contribution in [0.15, 0.2) is 0 Å². The summed E-state index contributed by atoms with van der Waals surface area (Å²) in [5.74, 6) is 0. The van der Waals surface area contributed by atoms with Crippen molar-refractivity contribution in [3.8, 4) is 0 Å². The number of unbranched alkanes of at least 4 members (excludes halogenated alkanes) is 15. The van der Waals surface area contributed by atoms with Crippen LogP contribution < -0.4 is 0 Å². The molecule has 0 aromatic rings. The summed E-state index contributed by atoms with van der Waals surface area (Å²) in [6.45, 7) is 3.58. The average molecular weight is 399 g/mol. The highest BCUT2D eigenvalue weighted by Gasteiger charge is 2.28. The van der Waals surface area contributed by atoms with Crippen LogP contribution in [0.2, 0.25) is 0 Å². The molecule has 28 heavy (non-hydrogen) atoms. The van der Waals surface area contributed by atoms with Gasteiger partial charge in [0.05, 0.1) is 42.3 Å². The fraction of sp³-hybridized carbons (Fsp3) is 1.00. The molecule has 0 aromatic heterocycles. The van der Waals surface area contributed by atoms with Crippen molar-refractivity contribution in [1.82, 2.24) is 0 Å². The van der Waals surface area contributed by atoms with Gasteiger partial charge in [0.25, 0.3) is 0 Å². The molecule has 170 valence electrons. The van der Waals surface area contributed by atoms with Crippen molar-refractivity contribution in [2.45, 2.75) is 122 Å². The third kappa shape index (κ3) is 19.2. The highest BCUT2D eigenvalue weighted by Crippen LogP contribution is 2.17. The molecule has 0 aliphatic carbocycles. The van der Waals surface area contributed by atoms with Crippen molar-refractivity contribution in [2.75, 3.05) is 48.8 Å². The summed E-state index contributed by atoms with van der Waals surface area (Å²) >= 11 is 0. The molecular weight excluding hydrogens is 340 g/mol. The lowest BCUT2D eigenvalue weighted by atomic mass is 10.0. The quantitative estimate of drug-likeness (QED) is 0.148. The third-order valence-corrected chi connectivity index (χ3v) is 6.24. The fourth-order valence-electron chi connectivity index (χ4n) is 4.28. The molecular formula is C26H58N2+2. The van der Waals surface area contributed by atoms with Crippen molar-refractivity contribution >= 4 is 0 Å². The summed E-state index contributed by atoms with van der Waals surface area (Å²) in [5, 5.41) is 0. The van der Waals surface area contributed by atoms with Crippen LogP contribution in [0.3, 0.4) is 0 Å². The van der Waals surface area contributed by atoms with Gasteiger partial charge in [0, 0.05) is 6.42 Å². The molecule has 0 fully saturated rings. The van der Waals surface area contributed by atoms with Crippen molar-refractivity contribution in [1.29, 1.82) is 0 Å². The van der Waals surface area contributed by atoms with Crippen molar-refractivity contribution in [3.05, 3.63) is 0 Å². The van der Waals surface area contributed by atoms with Gasteiger partial charge in [0.15, 0.2) is 0 Å². The molecule has 0 rings (SSSR count). The lowest BCUT2D eigenvalue weighted by molar-refractivity contribution is -0.947. The third-order valence-electron chi connectivity index (χ3n) is 6.24. The molecule has 1 atom stereocenters. The van der Waals surface area contributed by atoms with E-state index >= 15 is 0 Å². The van der Waals surface area contributed by atoms with Crippen LogP contribution in [0.4, 0.5) is 0 Å². The minimum atomic E-state index is 0.784. The molecule has 0 bridgehead atoms. The molecule has 0 aliphatic rings. The van der Waals surface area contributed by atoms with Crippen molar-refractivity contribution < 1.29 is 8.97 Å². The maximum Gasteiger partial charge on any atom is 0.138 e. The number of quaternary nitrogens is 2. The Balaban J connectivity index is 3.45. The first-order valence-corrected chi connectivity index (χ1v) is 12.8. The highest BCUT2D eigenvalue weighted by atomic mass is 15.4. The molecule has 0 saturated heterocycles. The van der Waals surface area contributed by atoms with E-state index in [-0.39, 0.29) is 0 Å². The second-order valence-electron chi connectivity index (χ2n) is 11.3. The standard InChI is InChI=1S/C26H58N2/c1-8-9-10-11-12-13-14-15-16-17-18-19-20-21-22-23-24-26(28(5,6)7)25-27(2,3)4/h26H,8-25H2,1-7H3/q+2. The van der Waals surface area contributed by atoms with Crippen LogP contribution in [0, 0.1) is 0 Å². The zero-order valence-electron chi connectivity index (χ0n) is 21.2. The molecule has 2 heteroatoms. The monoisotopic (exact) mass is 398 g/mol. The Bertz CT molecular complexity index is 324. The zero-order chi connectivity index (χ0) is 21.3. The second kappa shape index (κ2) is 16.7. The van der Waals surface area contributed by atoms with E-state index in [1.165, 1.54) is 116 Å². The molecule has 0 radical (unpaired) electrons. The lowest BCUT2D eigenvalue weighted by Gasteiger charge is -2.38. The van der Waals surface area contributed by atoms with Crippen LogP contribution in [0.1, 0.15) is 116 Å². The zero-order valence-corrected chi connectivity index (χ0v) is 21.2. The van der Waals surface area contributed by atoms with Gasteiger partial charge in [-0.25, -0.2) is 0 Å². The predicted octanol–water partition coefficient (Wildman–Crippen LogP) is 7.42. The van der Waals surface area contributed by atoms with Crippen LogP contribution in [-0.4, -0.2) is 63.8 Å². The molecule has 0 spiro atoms. The van der Waals surface area contributed by atoms with E-state index in [1.54, 1.807) is 0 Å². The van der Waals surface area contributed by atoms with Crippen LogP contribution in [-0.2, 0) is 0 Å². The van der Waals surface area contributed by atoms with Gasteiger partial charge in [-0.3, -0.25) is 0 Å². The van der Waals surface area contributed by atoms with E-state index in [1.807, 2.05) is 0 Å². The summed E-state index contributed by atoms with van der Waals surface area (Å²) < 4.78 is 2.19. The fourth-order valence-corrected chi connectivity index (χ4v) is 4.28. The first kappa shape index (κ1) is 27.9. The van der Waals surface area contributed by atoms with E-state index in [9.17, 15) is 0 Å². The summed E-state index contributed by atoms with van der Waals surface area (Å²) in [6.07, 6.45) is 24.7. The van der Waals surface area contributed by atoms with E-state index < -0.39 is 0 Å². The van der Waals surface area contributed by atoms with E-state index in [0.717, 1.165) is 15.0 Å². The molecule has 0 N–H and O–H groups in total. The SMILES string of the molecule is CCCCCCCCCCCCCCCCCCC(C[N+](C)(C)C)[N+](C)(C)C. The molecule has 0 amide bonds. The first-order chi connectivity index (χ1) is 13.2. The Morgan fingerprint density at radius 1 is 0.464 bits per heavy atom. The molecule has 0 saturated carbocycles. The topological polar surface area (TPSA) is 0 Å².